The first-order valence-electron chi connectivity index (χ1n) is 9.75. The highest BCUT2D eigenvalue weighted by atomic mass is 16.5. The molecule has 2 aliphatic rings. The Morgan fingerprint density at radius 3 is 2.52 bits per heavy atom. The molecule has 136 valence electrons. The molecule has 1 unspecified atom stereocenters. The number of carbonyl (C=O) groups is 2. The molecular weight excluding hydrogens is 312 g/mol. The number of Topliss-reactive ketones (excluding diaryl/α,β-unsaturated/α-hetero) is 1. The number of ether oxygens (including phenoxy) is 1. The summed E-state index contributed by atoms with van der Waals surface area (Å²) in [6.45, 7) is 6.63. The van der Waals surface area contributed by atoms with Gasteiger partial charge in [0.05, 0.1) is 0 Å². The second-order valence-corrected chi connectivity index (χ2v) is 8.30. The van der Waals surface area contributed by atoms with Crippen LogP contribution in [0, 0.1) is 23.7 Å². The monoisotopic (exact) mass is 342 g/mol. The van der Waals surface area contributed by atoms with Crippen molar-refractivity contribution in [1.82, 2.24) is 0 Å². The van der Waals surface area contributed by atoms with E-state index in [2.05, 4.69) is 20.8 Å². The van der Waals surface area contributed by atoms with Crippen LogP contribution in [0.5, 0.6) is 0 Å². The minimum absolute atomic E-state index is 0.0280. The molecule has 5 atom stereocenters. The van der Waals surface area contributed by atoms with E-state index in [4.69, 9.17) is 4.74 Å². The van der Waals surface area contributed by atoms with Gasteiger partial charge in [-0.15, -0.1) is 0 Å². The molecule has 1 aromatic carbocycles. The van der Waals surface area contributed by atoms with Crippen molar-refractivity contribution in [3.8, 4) is 0 Å². The minimum atomic E-state index is -0.618. The molecular formula is C22H30O3. The second kappa shape index (κ2) is 7.72. The Morgan fingerprint density at radius 1 is 1.12 bits per heavy atom. The maximum absolute atomic E-state index is 12.9. The van der Waals surface area contributed by atoms with Crippen molar-refractivity contribution in [2.45, 2.75) is 64.9 Å². The number of hydrogen-bond acceptors (Lipinski definition) is 3. The van der Waals surface area contributed by atoms with Crippen molar-refractivity contribution < 1.29 is 14.3 Å². The Balaban J connectivity index is 1.75. The Bertz CT molecular complexity index is 607. The standard InChI is InChI=1S/C22H30O3/c1-14(2)17-10-9-15(3)13-20(17)25-22(24)21-18(11-12-19(21)23)16-7-5-4-6-8-16/h4-8,14-15,17-18,20-21H,9-13H2,1-3H3/t15-,17+,18+,20-,21?/m1/s1. The van der Waals surface area contributed by atoms with Crippen LogP contribution in [0.25, 0.3) is 0 Å². The minimum Gasteiger partial charge on any atom is -0.462 e. The predicted molar refractivity (Wildman–Crippen MR) is 98.1 cm³/mol. The number of esters is 1. The van der Waals surface area contributed by atoms with Gasteiger partial charge in [0.15, 0.2) is 0 Å². The van der Waals surface area contributed by atoms with E-state index in [1.807, 2.05) is 30.3 Å². The van der Waals surface area contributed by atoms with Crippen LogP contribution in [-0.2, 0) is 14.3 Å². The third-order valence-corrected chi connectivity index (χ3v) is 6.16. The lowest BCUT2D eigenvalue weighted by Crippen LogP contribution is -2.38. The van der Waals surface area contributed by atoms with Crippen molar-refractivity contribution in [2.24, 2.45) is 23.7 Å². The van der Waals surface area contributed by atoms with Crippen molar-refractivity contribution in [3.63, 3.8) is 0 Å². The molecule has 25 heavy (non-hydrogen) atoms. The zero-order valence-electron chi connectivity index (χ0n) is 15.6. The van der Waals surface area contributed by atoms with Gasteiger partial charge in [0.25, 0.3) is 0 Å². The summed E-state index contributed by atoms with van der Waals surface area (Å²) in [4.78, 5) is 25.4. The number of ketones is 1. The fourth-order valence-corrected chi connectivity index (χ4v) is 4.67. The second-order valence-electron chi connectivity index (χ2n) is 8.30. The average molecular weight is 342 g/mol. The van der Waals surface area contributed by atoms with Crippen LogP contribution in [0.1, 0.15) is 64.4 Å². The van der Waals surface area contributed by atoms with E-state index in [-0.39, 0.29) is 23.8 Å². The lowest BCUT2D eigenvalue weighted by atomic mass is 9.75. The Labute approximate surface area is 151 Å². The smallest absolute Gasteiger partial charge is 0.317 e. The first kappa shape index (κ1) is 18.2. The Morgan fingerprint density at radius 2 is 1.84 bits per heavy atom. The SMILES string of the molecule is CC(C)[C@@H]1CC[C@@H](C)C[C@H]1OC(=O)C1C(=O)CC[C@H]1c1ccccc1. The summed E-state index contributed by atoms with van der Waals surface area (Å²) in [6, 6.07) is 9.94. The molecule has 0 amide bonds. The molecule has 1 aromatic rings. The molecule has 3 nitrogen and oxygen atoms in total. The maximum atomic E-state index is 12.9. The van der Waals surface area contributed by atoms with Crippen LogP contribution in [0.4, 0.5) is 0 Å². The van der Waals surface area contributed by atoms with Gasteiger partial charge in [-0.1, -0.05) is 57.5 Å². The van der Waals surface area contributed by atoms with E-state index in [1.165, 1.54) is 6.42 Å². The van der Waals surface area contributed by atoms with Gasteiger partial charge in [0, 0.05) is 12.3 Å². The number of carbonyl (C=O) groups excluding carboxylic acids is 2. The van der Waals surface area contributed by atoms with Crippen LogP contribution in [0.2, 0.25) is 0 Å². The molecule has 3 heteroatoms. The van der Waals surface area contributed by atoms with Crippen LogP contribution in [0.15, 0.2) is 30.3 Å². The molecule has 0 bridgehead atoms. The van der Waals surface area contributed by atoms with Crippen LogP contribution in [0.3, 0.4) is 0 Å². The molecule has 2 fully saturated rings. The number of hydrogen-bond donors (Lipinski definition) is 0. The molecule has 0 N–H and O–H groups in total. The summed E-state index contributed by atoms with van der Waals surface area (Å²) in [5, 5.41) is 0. The first-order valence-corrected chi connectivity index (χ1v) is 9.75. The van der Waals surface area contributed by atoms with Gasteiger partial charge in [-0.05, 0) is 42.6 Å². The Kier molecular flexibility index (Phi) is 5.61. The summed E-state index contributed by atoms with van der Waals surface area (Å²) in [5.74, 6) is 0.593. The van der Waals surface area contributed by atoms with Crippen molar-refractivity contribution in [2.75, 3.05) is 0 Å². The van der Waals surface area contributed by atoms with E-state index in [9.17, 15) is 9.59 Å². The zero-order valence-corrected chi connectivity index (χ0v) is 15.6. The maximum Gasteiger partial charge on any atom is 0.317 e. The van der Waals surface area contributed by atoms with Crippen molar-refractivity contribution in [1.29, 1.82) is 0 Å². The molecule has 0 aliphatic heterocycles. The fourth-order valence-electron chi connectivity index (χ4n) is 4.67. The summed E-state index contributed by atoms with van der Waals surface area (Å²) < 4.78 is 5.98. The number of benzene rings is 1. The molecule has 3 rings (SSSR count). The largest absolute Gasteiger partial charge is 0.462 e. The van der Waals surface area contributed by atoms with Gasteiger partial charge in [-0.2, -0.15) is 0 Å². The van der Waals surface area contributed by atoms with Gasteiger partial charge >= 0.3 is 5.97 Å². The summed E-state index contributed by atoms with van der Waals surface area (Å²) in [5.41, 5.74) is 1.08. The van der Waals surface area contributed by atoms with Crippen molar-refractivity contribution in [3.05, 3.63) is 35.9 Å². The first-order chi connectivity index (χ1) is 12.0. The highest BCUT2D eigenvalue weighted by molar-refractivity contribution is 6.01. The van der Waals surface area contributed by atoms with Gasteiger partial charge in [0.2, 0.25) is 0 Å². The van der Waals surface area contributed by atoms with E-state index < -0.39 is 5.92 Å². The van der Waals surface area contributed by atoms with Gasteiger partial charge < -0.3 is 4.74 Å². The molecule has 0 radical (unpaired) electrons. The predicted octanol–water partition coefficient (Wildman–Crippen LogP) is 4.75. The van der Waals surface area contributed by atoms with Crippen LogP contribution < -0.4 is 0 Å². The molecule has 0 aromatic heterocycles. The number of rotatable bonds is 4. The molecule has 0 spiro atoms. The quantitative estimate of drug-likeness (QED) is 0.585. The van der Waals surface area contributed by atoms with E-state index in [1.54, 1.807) is 0 Å². The van der Waals surface area contributed by atoms with Crippen LogP contribution >= 0.6 is 0 Å². The third kappa shape index (κ3) is 3.96. The Hall–Kier alpha value is -1.64. The lowest BCUT2D eigenvalue weighted by Gasteiger charge is -2.37. The molecule has 2 aliphatic carbocycles. The van der Waals surface area contributed by atoms with E-state index in [0.717, 1.165) is 24.8 Å². The molecule has 0 saturated heterocycles. The highest BCUT2D eigenvalue weighted by Crippen LogP contribution is 2.40. The summed E-state index contributed by atoms with van der Waals surface area (Å²) in [7, 11) is 0. The topological polar surface area (TPSA) is 43.4 Å². The fraction of sp³-hybridized carbons (Fsp3) is 0.636. The van der Waals surface area contributed by atoms with E-state index in [0.29, 0.717) is 24.2 Å². The van der Waals surface area contributed by atoms with Gasteiger partial charge in [-0.25, -0.2) is 0 Å². The lowest BCUT2D eigenvalue weighted by molar-refractivity contribution is -0.162. The zero-order chi connectivity index (χ0) is 18.0. The highest BCUT2D eigenvalue weighted by Gasteiger charge is 2.44. The molecule has 2 saturated carbocycles. The summed E-state index contributed by atoms with van der Waals surface area (Å²) >= 11 is 0. The van der Waals surface area contributed by atoms with Crippen molar-refractivity contribution >= 4 is 11.8 Å². The summed E-state index contributed by atoms with van der Waals surface area (Å²) in [6.07, 6.45) is 4.42. The van der Waals surface area contributed by atoms with E-state index >= 15 is 0 Å². The molecule has 0 heterocycles. The van der Waals surface area contributed by atoms with Gasteiger partial charge in [-0.3, -0.25) is 9.59 Å². The third-order valence-electron chi connectivity index (χ3n) is 6.16. The normalized spacial score (nSPS) is 32.8. The average Bonchev–Trinajstić information content (AvgIpc) is 2.97. The van der Waals surface area contributed by atoms with Gasteiger partial charge in [0.1, 0.15) is 17.8 Å². The van der Waals surface area contributed by atoms with Crippen LogP contribution in [-0.4, -0.2) is 17.9 Å².